The lowest BCUT2D eigenvalue weighted by molar-refractivity contribution is -0.120. The Morgan fingerprint density at radius 1 is 1.80 bits per heavy atom. The van der Waals surface area contributed by atoms with Crippen molar-refractivity contribution in [1.82, 2.24) is 5.32 Å². The van der Waals surface area contributed by atoms with Crippen LogP contribution >= 0.6 is 0 Å². The molecule has 58 valence electrons. The highest BCUT2D eigenvalue weighted by Gasteiger charge is 2.13. The standard InChI is InChI=1S/C6H12N2O2/c7-3-5-4-8-6(9)1-2-10-5/h5H,1-4,7H2,(H,8,9). The molecule has 0 aromatic heterocycles. The van der Waals surface area contributed by atoms with Crippen LogP contribution in [0.15, 0.2) is 0 Å². The third-order valence-corrected chi connectivity index (χ3v) is 1.47. The van der Waals surface area contributed by atoms with Gasteiger partial charge in [0.2, 0.25) is 5.91 Å². The molecule has 0 aliphatic carbocycles. The van der Waals surface area contributed by atoms with Gasteiger partial charge in [0.25, 0.3) is 0 Å². The SMILES string of the molecule is NCC1CNC(=O)CCO1. The van der Waals surface area contributed by atoms with E-state index >= 15 is 0 Å². The fraction of sp³-hybridized carbons (Fsp3) is 0.833. The molecule has 1 amide bonds. The van der Waals surface area contributed by atoms with Crippen molar-refractivity contribution in [3.63, 3.8) is 0 Å². The van der Waals surface area contributed by atoms with E-state index in [1.165, 1.54) is 0 Å². The molecular formula is C6H12N2O2. The molecule has 1 atom stereocenters. The number of carbonyl (C=O) groups excluding carboxylic acids is 1. The van der Waals surface area contributed by atoms with E-state index in [0.29, 0.717) is 26.1 Å². The number of amides is 1. The highest BCUT2D eigenvalue weighted by atomic mass is 16.5. The highest BCUT2D eigenvalue weighted by molar-refractivity contribution is 5.76. The predicted octanol–water partition coefficient (Wildman–Crippen LogP) is -1.15. The summed E-state index contributed by atoms with van der Waals surface area (Å²) in [5.74, 6) is 0.0518. The van der Waals surface area contributed by atoms with Crippen LogP contribution in [0, 0.1) is 0 Å². The van der Waals surface area contributed by atoms with E-state index in [4.69, 9.17) is 10.5 Å². The van der Waals surface area contributed by atoms with Crippen molar-refractivity contribution in [2.24, 2.45) is 5.73 Å². The Morgan fingerprint density at radius 3 is 3.30 bits per heavy atom. The van der Waals surface area contributed by atoms with E-state index in [0.717, 1.165) is 0 Å². The average Bonchev–Trinajstić information content (AvgIpc) is 2.14. The summed E-state index contributed by atoms with van der Waals surface area (Å²) in [5, 5.41) is 2.70. The van der Waals surface area contributed by atoms with Crippen molar-refractivity contribution in [2.75, 3.05) is 19.7 Å². The molecule has 1 fully saturated rings. The van der Waals surface area contributed by atoms with Crippen LogP contribution in [0.1, 0.15) is 6.42 Å². The smallest absolute Gasteiger partial charge is 0.222 e. The Morgan fingerprint density at radius 2 is 2.60 bits per heavy atom. The molecule has 0 spiro atoms. The van der Waals surface area contributed by atoms with Crippen LogP contribution in [-0.4, -0.2) is 31.7 Å². The summed E-state index contributed by atoms with van der Waals surface area (Å²) < 4.78 is 5.21. The van der Waals surface area contributed by atoms with Gasteiger partial charge in [-0.25, -0.2) is 0 Å². The predicted molar refractivity (Wildman–Crippen MR) is 36.4 cm³/mol. The number of hydrogen-bond acceptors (Lipinski definition) is 3. The second-order valence-electron chi connectivity index (χ2n) is 2.28. The summed E-state index contributed by atoms with van der Waals surface area (Å²) in [6, 6.07) is 0. The van der Waals surface area contributed by atoms with Crippen LogP contribution in [0.25, 0.3) is 0 Å². The van der Waals surface area contributed by atoms with Crippen molar-refractivity contribution in [3.05, 3.63) is 0 Å². The van der Waals surface area contributed by atoms with Crippen LogP contribution in [0.2, 0.25) is 0 Å². The van der Waals surface area contributed by atoms with E-state index in [2.05, 4.69) is 5.32 Å². The topological polar surface area (TPSA) is 64.3 Å². The molecule has 1 aliphatic rings. The van der Waals surface area contributed by atoms with Gasteiger partial charge >= 0.3 is 0 Å². The van der Waals surface area contributed by atoms with Crippen molar-refractivity contribution < 1.29 is 9.53 Å². The maximum atomic E-state index is 10.7. The molecule has 1 rings (SSSR count). The quantitative estimate of drug-likeness (QED) is 0.488. The maximum Gasteiger partial charge on any atom is 0.222 e. The molecule has 1 aliphatic heterocycles. The minimum Gasteiger partial charge on any atom is -0.375 e. The molecule has 0 saturated carbocycles. The fourth-order valence-corrected chi connectivity index (χ4v) is 0.845. The Balaban J connectivity index is 2.33. The monoisotopic (exact) mass is 144 g/mol. The van der Waals surface area contributed by atoms with Gasteiger partial charge in [0, 0.05) is 19.5 Å². The van der Waals surface area contributed by atoms with Crippen LogP contribution in [0.4, 0.5) is 0 Å². The number of nitrogens with two attached hydrogens (primary N) is 1. The number of rotatable bonds is 1. The van der Waals surface area contributed by atoms with Gasteiger partial charge in [0.05, 0.1) is 12.7 Å². The lowest BCUT2D eigenvalue weighted by Crippen LogP contribution is -2.34. The summed E-state index contributed by atoms with van der Waals surface area (Å²) in [7, 11) is 0. The fourth-order valence-electron chi connectivity index (χ4n) is 0.845. The van der Waals surface area contributed by atoms with Gasteiger partial charge in [-0.1, -0.05) is 0 Å². The van der Waals surface area contributed by atoms with E-state index in [9.17, 15) is 4.79 Å². The zero-order valence-corrected chi connectivity index (χ0v) is 5.80. The van der Waals surface area contributed by atoms with Crippen LogP contribution < -0.4 is 11.1 Å². The number of nitrogens with one attached hydrogen (secondary N) is 1. The Hall–Kier alpha value is -0.610. The Kier molecular flexibility index (Phi) is 2.65. The molecule has 0 radical (unpaired) electrons. The molecule has 1 saturated heterocycles. The minimum absolute atomic E-state index is 0.00597. The summed E-state index contributed by atoms with van der Waals surface area (Å²) in [6.45, 7) is 1.52. The van der Waals surface area contributed by atoms with E-state index in [1.807, 2.05) is 0 Å². The lowest BCUT2D eigenvalue weighted by atomic mass is 10.3. The third-order valence-electron chi connectivity index (χ3n) is 1.47. The van der Waals surface area contributed by atoms with Gasteiger partial charge in [-0.2, -0.15) is 0 Å². The first-order valence-electron chi connectivity index (χ1n) is 3.41. The van der Waals surface area contributed by atoms with Crippen LogP contribution in [0.5, 0.6) is 0 Å². The first kappa shape index (κ1) is 7.50. The van der Waals surface area contributed by atoms with Gasteiger partial charge in [-0.3, -0.25) is 4.79 Å². The summed E-state index contributed by atoms with van der Waals surface area (Å²) in [4.78, 5) is 10.7. The van der Waals surface area contributed by atoms with Crippen molar-refractivity contribution >= 4 is 5.91 Å². The molecule has 1 unspecified atom stereocenters. The number of ether oxygens (including phenoxy) is 1. The number of carbonyl (C=O) groups is 1. The first-order chi connectivity index (χ1) is 4.83. The highest BCUT2D eigenvalue weighted by Crippen LogP contribution is 1.95. The normalized spacial score (nSPS) is 27.3. The largest absolute Gasteiger partial charge is 0.375 e. The molecular weight excluding hydrogens is 132 g/mol. The zero-order chi connectivity index (χ0) is 7.40. The molecule has 4 heteroatoms. The minimum atomic E-state index is 0.00597. The maximum absolute atomic E-state index is 10.7. The van der Waals surface area contributed by atoms with Gasteiger partial charge in [-0.15, -0.1) is 0 Å². The molecule has 4 nitrogen and oxygen atoms in total. The first-order valence-corrected chi connectivity index (χ1v) is 3.41. The Labute approximate surface area is 59.7 Å². The summed E-state index contributed by atoms with van der Waals surface area (Å²) >= 11 is 0. The molecule has 0 aromatic rings. The molecule has 0 aromatic carbocycles. The van der Waals surface area contributed by atoms with Gasteiger partial charge in [0.15, 0.2) is 0 Å². The second kappa shape index (κ2) is 3.53. The van der Waals surface area contributed by atoms with Gasteiger partial charge < -0.3 is 15.8 Å². The van der Waals surface area contributed by atoms with Gasteiger partial charge in [-0.05, 0) is 0 Å². The second-order valence-corrected chi connectivity index (χ2v) is 2.28. The van der Waals surface area contributed by atoms with Gasteiger partial charge in [0.1, 0.15) is 0 Å². The van der Waals surface area contributed by atoms with E-state index < -0.39 is 0 Å². The van der Waals surface area contributed by atoms with Crippen molar-refractivity contribution in [1.29, 1.82) is 0 Å². The van der Waals surface area contributed by atoms with Crippen molar-refractivity contribution in [2.45, 2.75) is 12.5 Å². The third kappa shape index (κ3) is 1.97. The van der Waals surface area contributed by atoms with Crippen molar-refractivity contribution in [3.8, 4) is 0 Å². The molecule has 3 N–H and O–H groups in total. The van der Waals surface area contributed by atoms with E-state index in [1.54, 1.807) is 0 Å². The summed E-state index contributed by atoms with van der Waals surface area (Å²) in [5.41, 5.74) is 5.34. The number of hydrogen-bond donors (Lipinski definition) is 2. The van der Waals surface area contributed by atoms with E-state index in [-0.39, 0.29) is 12.0 Å². The molecule has 10 heavy (non-hydrogen) atoms. The molecule has 1 heterocycles. The lowest BCUT2D eigenvalue weighted by Gasteiger charge is -2.10. The zero-order valence-electron chi connectivity index (χ0n) is 5.80. The van der Waals surface area contributed by atoms with Crippen LogP contribution in [0.3, 0.4) is 0 Å². The Bertz CT molecular complexity index is 127. The molecule has 0 bridgehead atoms. The summed E-state index contributed by atoms with van der Waals surface area (Å²) in [6.07, 6.45) is 0.461. The van der Waals surface area contributed by atoms with Crippen LogP contribution in [-0.2, 0) is 9.53 Å². The average molecular weight is 144 g/mol.